The number of nitrogens with zero attached hydrogens (tertiary/aromatic N) is 2. The molecule has 0 spiro atoms. The first-order chi connectivity index (χ1) is 13.8. The molecular formula is C19H22N2O6S2. The molecule has 0 saturated heterocycles. The third-order valence-electron chi connectivity index (χ3n) is 4.25. The van der Waals surface area contributed by atoms with Crippen molar-refractivity contribution in [3.63, 3.8) is 0 Å². The van der Waals surface area contributed by atoms with Gasteiger partial charge in [-0.3, -0.25) is 14.9 Å². The smallest absolute Gasteiger partial charge is 0.324 e. The molecule has 8 nitrogen and oxygen atoms in total. The number of nitro benzene ring substituents is 1. The van der Waals surface area contributed by atoms with Crippen molar-refractivity contribution in [3.8, 4) is 0 Å². The van der Waals surface area contributed by atoms with E-state index in [1.807, 2.05) is 6.26 Å². The molecule has 0 amide bonds. The molecule has 156 valence electrons. The minimum absolute atomic E-state index is 0.122. The molecule has 0 aromatic heterocycles. The van der Waals surface area contributed by atoms with Gasteiger partial charge in [-0.25, -0.2) is 8.42 Å². The molecule has 10 heteroatoms. The highest BCUT2D eigenvalue weighted by Gasteiger charge is 2.39. The number of carbonyl (C=O) groups is 1. The van der Waals surface area contributed by atoms with Crippen LogP contribution in [-0.4, -0.2) is 48.8 Å². The monoisotopic (exact) mass is 438 g/mol. The molecule has 0 aliphatic heterocycles. The molecule has 0 aliphatic rings. The lowest BCUT2D eigenvalue weighted by Crippen LogP contribution is -2.45. The minimum atomic E-state index is -4.38. The van der Waals surface area contributed by atoms with Crippen molar-refractivity contribution in [2.45, 2.75) is 23.9 Å². The maximum Gasteiger partial charge on any atom is 0.324 e. The number of ether oxygens (including phenoxy) is 1. The number of methoxy groups -OCH3 is 1. The lowest BCUT2D eigenvalue weighted by atomic mass is 10.2. The molecule has 0 bridgehead atoms. The van der Waals surface area contributed by atoms with Gasteiger partial charge in [-0.05, 0) is 30.1 Å². The largest absolute Gasteiger partial charge is 0.468 e. The molecule has 0 saturated carbocycles. The molecule has 2 aromatic carbocycles. The normalized spacial score (nSPS) is 12.5. The van der Waals surface area contributed by atoms with E-state index in [2.05, 4.69) is 0 Å². The van der Waals surface area contributed by atoms with Gasteiger partial charge in [0, 0.05) is 12.6 Å². The van der Waals surface area contributed by atoms with E-state index in [0.717, 1.165) is 10.4 Å². The Labute approximate surface area is 174 Å². The Morgan fingerprint density at radius 3 is 2.38 bits per heavy atom. The van der Waals surface area contributed by atoms with Crippen molar-refractivity contribution in [1.82, 2.24) is 4.31 Å². The van der Waals surface area contributed by atoms with Gasteiger partial charge in [-0.2, -0.15) is 16.1 Å². The molecule has 0 aliphatic carbocycles. The molecule has 2 aromatic rings. The van der Waals surface area contributed by atoms with Crippen molar-refractivity contribution in [2.75, 3.05) is 19.1 Å². The zero-order chi connectivity index (χ0) is 21.4. The van der Waals surface area contributed by atoms with Crippen LogP contribution in [0.2, 0.25) is 0 Å². The summed E-state index contributed by atoms with van der Waals surface area (Å²) in [6.07, 6.45) is 2.05. The molecule has 0 N–H and O–H groups in total. The molecule has 2 rings (SSSR count). The zero-order valence-electron chi connectivity index (χ0n) is 16.1. The van der Waals surface area contributed by atoms with E-state index < -0.39 is 37.5 Å². The van der Waals surface area contributed by atoms with Crippen molar-refractivity contribution in [1.29, 1.82) is 0 Å². The van der Waals surface area contributed by atoms with Crippen LogP contribution in [0.3, 0.4) is 0 Å². The average Bonchev–Trinajstić information content (AvgIpc) is 2.73. The van der Waals surface area contributed by atoms with E-state index >= 15 is 0 Å². The van der Waals surface area contributed by atoms with Crippen LogP contribution < -0.4 is 0 Å². The predicted octanol–water partition coefficient (Wildman–Crippen LogP) is 3.08. The topological polar surface area (TPSA) is 107 Å². The number of sulfonamides is 1. The fraction of sp³-hybridized carbons (Fsp3) is 0.316. The van der Waals surface area contributed by atoms with Gasteiger partial charge in [0.05, 0.1) is 12.0 Å². The highest BCUT2D eigenvalue weighted by molar-refractivity contribution is 7.98. The van der Waals surface area contributed by atoms with E-state index in [1.165, 1.54) is 37.1 Å². The summed E-state index contributed by atoms with van der Waals surface area (Å²) in [5, 5.41) is 11.4. The van der Waals surface area contributed by atoms with Crippen molar-refractivity contribution >= 4 is 33.4 Å². The number of nitro groups is 1. The van der Waals surface area contributed by atoms with Crippen molar-refractivity contribution < 1.29 is 22.9 Å². The second-order valence-electron chi connectivity index (χ2n) is 6.08. The lowest BCUT2D eigenvalue weighted by molar-refractivity contribution is -0.387. The predicted molar refractivity (Wildman–Crippen MR) is 111 cm³/mol. The van der Waals surface area contributed by atoms with Gasteiger partial charge < -0.3 is 4.74 Å². The molecule has 1 atom stereocenters. The van der Waals surface area contributed by atoms with Crippen LogP contribution in [0.15, 0.2) is 59.5 Å². The highest BCUT2D eigenvalue weighted by Crippen LogP contribution is 2.30. The molecule has 0 fully saturated rings. The highest BCUT2D eigenvalue weighted by atomic mass is 32.2. The number of benzene rings is 2. The number of carbonyl (C=O) groups excluding carboxylic acids is 1. The second kappa shape index (κ2) is 10.4. The minimum Gasteiger partial charge on any atom is -0.468 e. The maximum absolute atomic E-state index is 13.5. The van der Waals surface area contributed by atoms with Crippen LogP contribution in [-0.2, 0) is 26.1 Å². The van der Waals surface area contributed by atoms with Gasteiger partial charge >= 0.3 is 5.97 Å². The Morgan fingerprint density at radius 1 is 1.17 bits per heavy atom. The molecule has 0 heterocycles. The Kier molecular flexibility index (Phi) is 8.18. The molecule has 29 heavy (non-hydrogen) atoms. The number of hydrogen-bond donors (Lipinski definition) is 0. The Morgan fingerprint density at radius 2 is 1.79 bits per heavy atom. The van der Waals surface area contributed by atoms with Crippen LogP contribution in [0.1, 0.15) is 12.0 Å². The Hall–Kier alpha value is -2.43. The molecule has 1 unspecified atom stereocenters. The van der Waals surface area contributed by atoms with Crippen LogP contribution >= 0.6 is 11.8 Å². The SMILES string of the molecule is COC(=O)C(CCSC)N(Cc1ccccc1)S(=O)(=O)c1ccccc1[N+](=O)[O-]. The summed E-state index contributed by atoms with van der Waals surface area (Å²) in [6, 6.07) is 12.7. The fourth-order valence-corrected chi connectivity index (χ4v) is 5.04. The summed E-state index contributed by atoms with van der Waals surface area (Å²) in [4.78, 5) is 22.7. The standard InChI is InChI=1S/C19H22N2O6S2/c1-27-19(22)17(12-13-28-2)20(14-15-8-4-3-5-9-15)29(25,26)18-11-7-6-10-16(18)21(23)24/h3-11,17H,12-14H2,1-2H3. The summed E-state index contributed by atoms with van der Waals surface area (Å²) in [6.45, 7) is -0.122. The summed E-state index contributed by atoms with van der Waals surface area (Å²) in [5.74, 6) is -0.200. The Bertz CT molecular complexity index is 950. The van der Waals surface area contributed by atoms with E-state index in [4.69, 9.17) is 4.74 Å². The van der Waals surface area contributed by atoms with Crippen molar-refractivity contribution in [2.24, 2.45) is 0 Å². The van der Waals surface area contributed by atoms with Crippen molar-refractivity contribution in [3.05, 3.63) is 70.3 Å². The molecular weight excluding hydrogens is 416 g/mol. The lowest BCUT2D eigenvalue weighted by Gasteiger charge is -2.29. The van der Waals surface area contributed by atoms with Gasteiger partial charge in [-0.15, -0.1) is 0 Å². The summed E-state index contributed by atoms with van der Waals surface area (Å²) >= 11 is 1.46. The van der Waals surface area contributed by atoms with Gasteiger partial charge in [-0.1, -0.05) is 42.5 Å². The van der Waals surface area contributed by atoms with E-state index in [-0.39, 0.29) is 13.0 Å². The van der Waals surface area contributed by atoms with Crippen LogP contribution in [0, 0.1) is 10.1 Å². The maximum atomic E-state index is 13.5. The fourth-order valence-electron chi connectivity index (χ4n) is 2.82. The van der Waals surface area contributed by atoms with Gasteiger partial charge in [0.2, 0.25) is 0 Å². The summed E-state index contributed by atoms with van der Waals surface area (Å²) < 4.78 is 32.8. The first kappa shape index (κ1) is 22.9. The van der Waals surface area contributed by atoms with E-state index in [0.29, 0.717) is 11.3 Å². The van der Waals surface area contributed by atoms with Gasteiger partial charge in [0.25, 0.3) is 15.7 Å². The Balaban J connectivity index is 2.61. The first-order valence-electron chi connectivity index (χ1n) is 8.69. The molecule has 0 radical (unpaired) electrons. The zero-order valence-corrected chi connectivity index (χ0v) is 17.7. The van der Waals surface area contributed by atoms with Gasteiger partial charge in [0.1, 0.15) is 6.04 Å². The number of para-hydroxylation sites is 1. The average molecular weight is 439 g/mol. The van der Waals surface area contributed by atoms with E-state index in [1.54, 1.807) is 30.3 Å². The van der Waals surface area contributed by atoms with Crippen LogP contribution in [0.25, 0.3) is 0 Å². The van der Waals surface area contributed by atoms with Crippen LogP contribution in [0.5, 0.6) is 0 Å². The summed E-state index contributed by atoms with van der Waals surface area (Å²) in [5.41, 5.74) is 0.103. The number of hydrogen-bond acceptors (Lipinski definition) is 7. The van der Waals surface area contributed by atoms with Gasteiger partial charge in [0.15, 0.2) is 4.90 Å². The van der Waals surface area contributed by atoms with E-state index in [9.17, 15) is 23.3 Å². The number of thioether (sulfide) groups is 1. The third-order valence-corrected chi connectivity index (χ3v) is 6.79. The quantitative estimate of drug-likeness (QED) is 0.319. The number of rotatable bonds is 10. The van der Waals surface area contributed by atoms with Crippen LogP contribution in [0.4, 0.5) is 5.69 Å². The summed E-state index contributed by atoms with van der Waals surface area (Å²) in [7, 11) is -3.19. The first-order valence-corrected chi connectivity index (χ1v) is 11.5. The number of esters is 1. The second-order valence-corrected chi connectivity index (χ2v) is 8.93. The third kappa shape index (κ3) is 5.55.